The van der Waals surface area contributed by atoms with E-state index >= 15 is 0 Å². The fraction of sp³-hybridized carbons (Fsp3) is 0.474. The van der Waals surface area contributed by atoms with Crippen LogP contribution in [-0.4, -0.2) is 55.9 Å². The van der Waals surface area contributed by atoms with E-state index in [0.29, 0.717) is 29.7 Å². The predicted molar refractivity (Wildman–Crippen MR) is 107 cm³/mol. The Morgan fingerprint density at radius 1 is 1.36 bits per heavy atom. The Hall–Kier alpha value is -2.42. The van der Waals surface area contributed by atoms with Crippen LogP contribution < -0.4 is 5.32 Å². The Labute approximate surface area is 172 Å². The Morgan fingerprint density at radius 3 is 2.75 bits per heavy atom. The first-order valence-corrected chi connectivity index (χ1v) is 9.90. The minimum atomic E-state index is -0.586. The van der Waals surface area contributed by atoms with Crippen LogP contribution in [0.1, 0.15) is 37.6 Å². The van der Waals surface area contributed by atoms with Crippen LogP contribution in [0.25, 0.3) is 0 Å². The summed E-state index contributed by atoms with van der Waals surface area (Å²) >= 11 is 3.26. The summed E-state index contributed by atoms with van der Waals surface area (Å²) in [5.74, 6) is -0.214. The number of hydrogen-bond donors (Lipinski definition) is 1. The molecule has 0 spiro atoms. The Bertz CT molecular complexity index is 817. The molecule has 28 heavy (non-hydrogen) atoms. The van der Waals surface area contributed by atoms with Gasteiger partial charge in [0.15, 0.2) is 0 Å². The van der Waals surface area contributed by atoms with E-state index in [-0.39, 0.29) is 24.1 Å². The molecule has 1 saturated heterocycles. The van der Waals surface area contributed by atoms with Gasteiger partial charge in [0.2, 0.25) is 0 Å². The quantitative estimate of drug-likeness (QED) is 0.724. The van der Waals surface area contributed by atoms with E-state index in [1.807, 2.05) is 33.0 Å². The average molecular weight is 450 g/mol. The molecule has 1 fully saturated rings. The second-order valence-electron chi connectivity index (χ2n) is 7.79. The fourth-order valence-electron chi connectivity index (χ4n) is 3.14. The number of hydrogen-bond acceptors (Lipinski definition) is 5. The third-order valence-electron chi connectivity index (χ3n) is 4.32. The highest BCUT2D eigenvalue weighted by atomic mass is 79.9. The molecule has 0 unspecified atom stereocenters. The fourth-order valence-corrected chi connectivity index (χ4v) is 3.38. The van der Waals surface area contributed by atoms with Crippen molar-refractivity contribution in [2.45, 2.75) is 51.4 Å². The zero-order valence-electron chi connectivity index (χ0n) is 16.1. The maximum absolute atomic E-state index is 12.7. The summed E-state index contributed by atoms with van der Waals surface area (Å²) in [6.45, 7) is 6.44. The Balaban J connectivity index is 1.70. The highest BCUT2D eigenvalue weighted by Gasteiger charge is 2.38. The number of carbonyl (C=O) groups is 2. The van der Waals surface area contributed by atoms with E-state index in [0.717, 1.165) is 0 Å². The van der Waals surface area contributed by atoms with Crippen molar-refractivity contribution in [2.75, 3.05) is 6.54 Å². The molecule has 2 aromatic rings. The molecule has 1 N–H and O–H groups in total. The molecule has 8 nitrogen and oxygen atoms in total. The van der Waals surface area contributed by atoms with Crippen molar-refractivity contribution in [3.8, 4) is 0 Å². The molecule has 0 aliphatic carbocycles. The summed E-state index contributed by atoms with van der Waals surface area (Å²) in [5, 5.41) is 7.23. The first-order valence-electron chi connectivity index (χ1n) is 9.11. The third kappa shape index (κ3) is 5.31. The number of halogens is 1. The van der Waals surface area contributed by atoms with Crippen LogP contribution in [0.3, 0.4) is 0 Å². The van der Waals surface area contributed by atoms with Gasteiger partial charge in [-0.25, -0.2) is 9.78 Å². The minimum absolute atomic E-state index is 0.122. The lowest BCUT2D eigenvalue weighted by molar-refractivity contribution is 0.0208. The molecule has 0 aromatic carbocycles. The van der Waals surface area contributed by atoms with Crippen molar-refractivity contribution < 1.29 is 14.3 Å². The van der Waals surface area contributed by atoms with Crippen molar-refractivity contribution in [1.29, 1.82) is 0 Å². The number of rotatable bonds is 4. The first kappa shape index (κ1) is 20.3. The van der Waals surface area contributed by atoms with Gasteiger partial charge in [-0.2, -0.15) is 5.10 Å². The molecule has 3 heterocycles. The molecular weight excluding hydrogens is 426 g/mol. The van der Waals surface area contributed by atoms with E-state index in [9.17, 15) is 9.59 Å². The van der Waals surface area contributed by atoms with Crippen LogP contribution in [0.15, 0.2) is 41.4 Å². The van der Waals surface area contributed by atoms with Crippen LogP contribution in [0.5, 0.6) is 0 Å². The van der Waals surface area contributed by atoms with E-state index in [2.05, 4.69) is 31.3 Å². The summed E-state index contributed by atoms with van der Waals surface area (Å²) in [5.41, 5.74) is -0.111. The number of nitrogens with one attached hydrogen (secondary N) is 1. The molecule has 3 rings (SSSR count). The van der Waals surface area contributed by atoms with Crippen molar-refractivity contribution in [3.05, 3.63) is 47.0 Å². The van der Waals surface area contributed by atoms with Gasteiger partial charge in [-0.3, -0.25) is 9.48 Å². The molecule has 0 bridgehead atoms. The highest BCUT2D eigenvalue weighted by Crippen LogP contribution is 2.23. The van der Waals surface area contributed by atoms with Crippen LogP contribution in [0, 0.1) is 0 Å². The lowest BCUT2D eigenvalue weighted by atomic mass is 10.1. The summed E-state index contributed by atoms with van der Waals surface area (Å²) in [6, 6.07) is 4.96. The van der Waals surface area contributed by atoms with E-state index < -0.39 is 5.60 Å². The molecule has 9 heteroatoms. The topological polar surface area (TPSA) is 89.4 Å². The minimum Gasteiger partial charge on any atom is -0.444 e. The second kappa shape index (κ2) is 8.30. The van der Waals surface area contributed by atoms with E-state index in [4.69, 9.17) is 4.74 Å². The number of ether oxygens (including phenoxy) is 1. The number of aromatic nitrogens is 3. The molecule has 1 aliphatic heterocycles. The first-order chi connectivity index (χ1) is 13.2. The summed E-state index contributed by atoms with van der Waals surface area (Å²) in [6.07, 6.45) is 5.31. The van der Waals surface area contributed by atoms with Crippen molar-refractivity contribution in [3.63, 3.8) is 0 Å². The van der Waals surface area contributed by atoms with Crippen LogP contribution in [0.4, 0.5) is 4.79 Å². The SMILES string of the molecule is CC(C)(C)OC(=O)N1C[C@H](NC(=O)c2ccc(Br)nc2)C[C@H]1Cn1cccn1. The van der Waals surface area contributed by atoms with Gasteiger partial charge < -0.3 is 15.0 Å². The summed E-state index contributed by atoms with van der Waals surface area (Å²) in [7, 11) is 0. The van der Waals surface area contributed by atoms with E-state index in [1.165, 1.54) is 6.20 Å². The van der Waals surface area contributed by atoms with Gasteiger partial charge >= 0.3 is 6.09 Å². The van der Waals surface area contributed by atoms with Gasteiger partial charge in [0.1, 0.15) is 10.2 Å². The van der Waals surface area contributed by atoms with Gasteiger partial charge in [0.25, 0.3) is 5.91 Å². The largest absolute Gasteiger partial charge is 0.444 e. The number of likely N-dealkylation sites (tertiary alicyclic amines) is 1. The Morgan fingerprint density at radius 2 is 2.14 bits per heavy atom. The number of pyridine rings is 1. The molecular formula is C19H24BrN5O3. The zero-order valence-corrected chi connectivity index (χ0v) is 17.7. The Kier molecular flexibility index (Phi) is 6.02. The molecule has 0 saturated carbocycles. The molecule has 2 aromatic heterocycles. The smallest absolute Gasteiger partial charge is 0.410 e. The maximum Gasteiger partial charge on any atom is 0.410 e. The number of carbonyl (C=O) groups excluding carboxylic acids is 2. The van der Waals surface area contributed by atoms with Gasteiger partial charge in [0.05, 0.1) is 18.2 Å². The normalized spacial score (nSPS) is 19.5. The predicted octanol–water partition coefficient (Wildman–Crippen LogP) is 2.85. The number of amides is 2. The lowest BCUT2D eigenvalue weighted by Crippen LogP contribution is -2.43. The average Bonchev–Trinajstić information content (AvgIpc) is 3.24. The molecule has 2 atom stereocenters. The monoisotopic (exact) mass is 449 g/mol. The van der Waals surface area contributed by atoms with E-state index in [1.54, 1.807) is 27.9 Å². The maximum atomic E-state index is 12.7. The van der Waals surface area contributed by atoms with Crippen LogP contribution in [0.2, 0.25) is 0 Å². The van der Waals surface area contributed by atoms with Crippen molar-refractivity contribution in [1.82, 2.24) is 25.0 Å². The second-order valence-corrected chi connectivity index (χ2v) is 8.60. The standard InChI is InChI=1S/C19H24BrN5O3/c1-19(2,3)28-18(27)25-11-14(9-15(25)12-24-8-4-7-22-24)23-17(26)13-5-6-16(20)21-10-13/h4-8,10,14-15H,9,11-12H2,1-3H3,(H,23,26)/t14-,15+/m1/s1. The highest BCUT2D eigenvalue weighted by molar-refractivity contribution is 9.10. The van der Waals surface area contributed by atoms with Crippen molar-refractivity contribution >= 4 is 27.9 Å². The zero-order chi connectivity index (χ0) is 20.3. The molecule has 2 amide bonds. The van der Waals surface area contributed by atoms with Gasteiger partial charge in [-0.05, 0) is 61.3 Å². The molecule has 1 aliphatic rings. The number of nitrogens with zero attached hydrogens (tertiary/aromatic N) is 4. The summed E-state index contributed by atoms with van der Waals surface area (Å²) < 4.78 is 8.00. The summed E-state index contributed by atoms with van der Waals surface area (Å²) in [4.78, 5) is 31.0. The lowest BCUT2D eigenvalue weighted by Gasteiger charge is -2.28. The van der Waals surface area contributed by atoms with Crippen molar-refractivity contribution in [2.24, 2.45) is 0 Å². The van der Waals surface area contributed by atoms with Gasteiger partial charge in [-0.1, -0.05) is 0 Å². The molecule has 0 radical (unpaired) electrons. The molecule has 150 valence electrons. The van der Waals surface area contributed by atoms with Gasteiger partial charge in [-0.15, -0.1) is 0 Å². The van der Waals surface area contributed by atoms with Crippen LogP contribution in [-0.2, 0) is 11.3 Å². The third-order valence-corrected chi connectivity index (χ3v) is 4.79. The van der Waals surface area contributed by atoms with Crippen LogP contribution >= 0.6 is 15.9 Å². The van der Waals surface area contributed by atoms with Gasteiger partial charge in [0, 0.05) is 31.2 Å².